The third-order valence-corrected chi connectivity index (χ3v) is 4.52. The zero-order valence-corrected chi connectivity index (χ0v) is 18.8. The van der Waals surface area contributed by atoms with E-state index in [0.717, 1.165) is 5.56 Å². The first kappa shape index (κ1) is 24.1. The zero-order valence-electron chi connectivity index (χ0n) is 18.8. The van der Waals surface area contributed by atoms with Crippen molar-refractivity contribution in [3.63, 3.8) is 0 Å². The summed E-state index contributed by atoms with van der Waals surface area (Å²) in [5, 5.41) is 2.71. The van der Waals surface area contributed by atoms with Crippen molar-refractivity contribution >= 4 is 11.8 Å². The normalized spacial score (nSPS) is 10.3. The van der Waals surface area contributed by atoms with Crippen LogP contribution >= 0.6 is 0 Å². The summed E-state index contributed by atoms with van der Waals surface area (Å²) in [5.74, 6) is 0.811. The molecule has 7 heteroatoms. The molecule has 0 bridgehead atoms. The molecule has 0 heterocycles. The first-order chi connectivity index (χ1) is 15.0. The minimum absolute atomic E-state index is 0.0966. The Kier molecular flexibility index (Phi) is 9.68. The lowest BCUT2D eigenvalue weighted by atomic mass is 10.1. The van der Waals surface area contributed by atoms with E-state index in [0.29, 0.717) is 55.7 Å². The van der Waals surface area contributed by atoms with E-state index in [9.17, 15) is 9.59 Å². The van der Waals surface area contributed by atoms with E-state index in [1.54, 1.807) is 17.0 Å². The minimum atomic E-state index is -0.380. The topological polar surface area (TPSA) is 77.1 Å². The van der Waals surface area contributed by atoms with Crippen molar-refractivity contribution in [3.8, 4) is 17.2 Å². The fourth-order valence-electron chi connectivity index (χ4n) is 3.07. The molecule has 1 N–H and O–H groups in total. The maximum absolute atomic E-state index is 12.8. The Hall–Kier alpha value is -3.22. The van der Waals surface area contributed by atoms with Crippen LogP contribution in [0.1, 0.15) is 43.6 Å². The van der Waals surface area contributed by atoms with E-state index in [1.807, 2.05) is 58.0 Å². The number of nitrogens with one attached hydrogen (secondary N) is 1. The van der Waals surface area contributed by atoms with Crippen LogP contribution in [0.15, 0.2) is 42.5 Å². The number of likely N-dealkylation sites (N-methyl/N-ethyl adjacent to an activating group) is 1. The van der Waals surface area contributed by atoms with Crippen LogP contribution in [-0.2, 0) is 11.3 Å². The minimum Gasteiger partial charge on any atom is -0.490 e. The lowest BCUT2D eigenvalue weighted by molar-refractivity contribution is -0.130. The Morgan fingerprint density at radius 2 is 1.45 bits per heavy atom. The Morgan fingerprint density at radius 1 is 0.871 bits per heavy atom. The summed E-state index contributed by atoms with van der Waals surface area (Å²) in [6.45, 7) is 9.72. The highest BCUT2D eigenvalue weighted by molar-refractivity contribution is 5.97. The molecule has 0 fully saturated rings. The third-order valence-electron chi connectivity index (χ3n) is 4.52. The van der Waals surface area contributed by atoms with Crippen LogP contribution in [0.5, 0.6) is 17.2 Å². The number of amides is 2. The summed E-state index contributed by atoms with van der Waals surface area (Å²) >= 11 is 0. The van der Waals surface area contributed by atoms with Gasteiger partial charge >= 0.3 is 0 Å². The van der Waals surface area contributed by atoms with E-state index in [-0.39, 0.29) is 18.4 Å². The number of carbonyl (C=O) groups is 2. The van der Waals surface area contributed by atoms with Crippen LogP contribution < -0.4 is 19.5 Å². The molecular formula is C24H32N2O5. The molecule has 0 saturated carbocycles. The van der Waals surface area contributed by atoms with Gasteiger partial charge in [0, 0.05) is 18.7 Å². The van der Waals surface area contributed by atoms with Gasteiger partial charge in [-0.2, -0.15) is 0 Å². The highest BCUT2D eigenvalue weighted by atomic mass is 16.5. The predicted molar refractivity (Wildman–Crippen MR) is 120 cm³/mol. The number of nitrogens with zero attached hydrogens (tertiary/aromatic N) is 1. The van der Waals surface area contributed by atoms with Crippen LogP contribution in [-0.4, -0.2) is 49.6 Å². The fraction of sp³-hybridized carbons (Fsp3) is 0.417. The van der Waals surface area contributed by atoms with Gasteiger partial charge in [-0.3, -0.25) is 9.59 Å². The number of rotatable bonds is 12. The largest absolute Gasteiger partial charge is 0.490 e. The SMILES string of the molecule is CCOc1cc(C(=O)NCC(=O)N(CC)Cc2ccccc2)cc(OCC)c1OCC. The molecular weight excluding hydrogens is 396 g/mol. The zero-order chi connectivity index (χ0) is 22.6. The van der Waals surface area contributed by atoms with E-state index < -0.39 is 0 Å². The Balaban J connectivity index is 2.11. The maximum atomic E-state index is 12.8. The van der Waals surface area contributed by atoms with Gasteiger partial charge in [0.25, 0.3) is 5.91 Å². The predicted octanol–water partition coefficient (Wildman–Crippen LogP) is 3.66. The molecule has 0 spiro atoms. The molecule has 168 valence electrons. The molecule has 0 aliphatic carbocycles. The molecule has 0 aromatic heterocycles. The van der Waals surface area contributed by atoms with Crippen molar-refractivity contribution in [1.29, 1.82) is 0 Å². The quantitative estimate of drug-likeness (QED) is 0.558. The smallest absolute Gasteiger partial charge is 0.251 e. The van der Waals surface area contributed by atoms with Gasteiger partial charge in [0.1, 0.15) is 0 Å². The molecule has 2 amide bonds. The van der Waals surface area contributed by atoms with Crippen molar-refractivity contribution in [2.45, 2.75) is 34.2 Å². The number of ether oxygens (including phenoxy) is 3. The maximum Gasteiger partial charge on any atom is 0.251 e. The van der Waals surface area contributed by atoms with Gasteiger partial charge in [0.2, 0.25) is 11.7 Å². The van der Waals surface area contributed by atoms with E-state index in [2.05, 4.69) is 5.32 Å². The van der Waals surface area contributed by atoms with Gasteiger partial charge in [-0.05, 0) is 45.4 Å². The second-order valence-electron chi connectivity index (χ2n) is 6.68. The van der Waals surface area contributed by atoms with Gasteiger partial charge in [-0.25, -0.2) is 0 Å². The Bertz CT molecular complexity index is 827. The standard InChI is InChI=1S/C24H32N2O5/c1-5-26(17-18-12-10-9-11-13-18)22(27)16-25-24(28)19-14-20(29-6-2)23(31-8-4)21(15-19)30-7-3/h9-15H,5-8,16-17H2,1-4H3,(H,25,28). The second kappa shape index (κ2) is 12.5. The monoisotopic (exact) mass is 428 g/mol. The van der Waals surface area contributed by atoms with E-state index in [1.165, 1.54) is 0 Å². The molecule has 0 aliphatic rings. The van der Waals surface area contributed by atoms with E-state index >= 15 is 0 Å². The summed E-state index contributed by atoms with van der Waals surface area (Å²) in [7, 11) is 0. The van der Waals surface area contributed by atoms with Gasteiger partial charge in [0.15, 0.2) is 11.5 Å². The van der Waals surface area contributed by atoms with Crippen LogP contribution in [0, 0.1) is 0 Å². The first-order valence-corrected chi connectivity index (χ1v) is 10.7. The molecule has 31 heavy (non-hydrogen) atoms. The average Bonchev–Trinajstić information content (AvgIpc) is 2.78. The lowest BCUT2D eigenvalue weighted by Crippen LogP contribution is -2.39. The summed E-state index contributed by atoms with van der Waals surface area (Å²) in [6.07, 6.45) is 0. The van der Waals surface area contributed by atoms with Gasteiger partial charge in [0.05, 0.1) is 26.4 Å². The number of carbonyl (C=O) groups excluding carboxylic acids is 2. The molecule has 0 unspecified atom stereocenters. The summed E-state index contributed by atoms with van der Waals surface area (Å²) in [6, 6.07) is 13.0. The van der Waals surface area contributed by atoms with Crippen molar-refractivity contribution < 1.29 is 23.8 Å². The van der Waals surface area contributed by atoms with Crippen LogP contribution in [0.4, 0.5) is 0 Å². The number of benzene rings is 2. The molecule has 2 aromatic carbocycles. The van der Waals surface area contributed by atoms with Crippen molar-refractivity contribution in [3.05, 3.63) is 53.6 Å². The number of hydrogen-bond donors (Lipinski definition) is 1. The molecule has 2 aromatic rings. The number of hydrogen-bond acceptors (Lipinski definition) is 5. The molecule has 2 rings (SSSR count). The molecule has 0 radical (unpaired) electrons. The summed E-state index contributed by atoms with van der Waals surface area (Å²) < 4.78 is 17.0. The summed E-state index contributed by atoms with van der Waals surface area (Å²) in [5.41, 5.74) is 1.38. The van der Waals surface area contributed by atoms with Crippen LogP contribution in [0.2, 0.25) is 0 Å². The second-order valence-corrected chi connectivity index (χ2v) is 6.68. The lowest BCUT2D eigenvalue weighted by Gasteiger charge is -2.21. The third kappa shape index (κ3) is 6.91. The van der Waals surface area contributed by atoms with E-state index in [4.69, 9.17) is 14.2 Å². The van der Waals surface area contributed by atoms with Crippen molar-refractivity contribution in [1.82, 2.24) is 10.2 Å². The fourth-order valence-corrected chi connectivity index (χ4v) is 3.07. The van der Waals surface area contributed by atoms with Crippen molar-refractivity contribution in [2.75, 3.05) is 32.9 Å². The highest BCUT2D eigenvalue weighted by Gasteiger charge is 2.19. The first-order valence-electron chi connectivity index (χ1n) is 10.7. The van der Waals surface area contributed by atoms with Crippen LogP contribution in [0.3, 0.4) is 0 Å². The molecule has 0 atom stereocenters. The molecule has 7 nitrogen and oxygen atoms in total. The summed E-state index contributed by atoms with van der Waals surface area (Å²) in [4.78, 5) is 27.1. The molecule has 0 saturated heterocycles. The Labute approximate surface area is 184 Å². The average molecular weight is 429 g/mol. The van der Waals surface area contributed by atoms with Crippen molar-refractivity contribution in [2.24, 2.45) is 0 Å². The highest BCUT2D eigenvalue weighted by Crippen LogP contribution is 2.39. The van der Waals surface area contributed by atoms with Gasteiger partial charge in [-0.1, -0.05) is 30.3 Å². The van der Waals surface area contributed by atoms with Gasteiger partial charge < -0.3 is 24.4 Å². The molecule has 0 aliphatic heterocycles. The Morgan fingerprint density at radius 3 is 1.97 bits per heavy atom. The van der Waals surface area contributed by atoms with Crippen LogP contribution in [0.25, 0.3) is 0 Å². The van der Waals surface area contributed by atoms with Gasteiger partial charge in [-0.15, -0.1) is 0 Å².